The van der Waals surface area contributed by atoms with Crippen molar-refractivity contribution in [3.05, 3.63) is 0 Å². The average Bonchev–Trinajstić information content (AvgIpc) is 2.02. The van der Waals surface area contributed by atoms with E-state index in [2.05, 4.69) is 13.8 Å². The zero-order chi connectivity index (χ0) is 10.3. The van der Waals surface area contributed by atoms with E-state index in [0.29, 0.717) is 11.2 Å². The Bertz CT molecular complexity index is 115. The molecule has 0 spiro atoms. The maximum atomic E-state index is 9.20. The third-order valence-corrected chi connectivity index (χ3v) is 3.06. The lowest BCUT2D eigenvalue weighted by Crippen LogP contribution is -2.16. The number of aliphatic hydroxyl groups excluding tert-OH is 1. The van der Waals surface area contributed by atoms with E-state index in [-0.39, 0.29) is 6.10 Å². The smallest absolute Gasteiger partial charge is 0.0628 e. The molecule has 13 heavy (non-hydrogen) atoms. The number of aliphatic hydroxyl groups is 1. The molecule has 0 saturated carbocycles. The first kappa shape index (κ1) is 13.3. The van der Waals surface area contributed by atoms with Crippen molar-refractivity contribution < 1.29 is 9.84 Å². The lowest BCUT2D eigenvalue weighted by Gasteiger charge is -2.14. The van der Waals surface area contributed by atoms with Gasteiger partial charge in [0, 0.05) is 17.6 Å². The number of rotatable bonds is 7. The normalized spacial score (nSPS) is 16.2. The summed E-state index contributed by atoms with van der Waals surface area (Å²) in [4.78, 5) is 0. The molecule has 0 heterocycles. The summed E-state index contributed by atoms with van der Waals surface area (Å²) < 4.78 is 5.42. The van der Waals surface area contributed by atoms with Crippen LogP contribution in [-0.2, 0) is 4.74 Å². The standard InChI is InChI=1S/C10H22O2S/c1-8(2)7-12-5-6-13-10(4)9(3)11/h8-11H,5-7H2,1-4H3. The fourth-order valence-electron chi connectivity index (χ4n) is 0.751. The summed E-state index contributed by atoms with van der Waals surface area (Å²) in [6, 6.07) is 0. The second-order valence-corrected chi connectivity index (χ2v) is 5.27. The third kappa shape index (κ3) is 8.60. The topological polar surface area (TPSA) is 29.5 Å². The quantitative estimate of drug-likeness (QED) is 0.647. The molecule has 1 N–H and O–H groups in total. The van der Waals surface area contributed by atoms with Crippen LogP contribution >= 0.6 is 11.8 Å². The summed E-state index contributed by atoms with van der Waals surface area (Å²) in [5.41, 5.74) is 0. The second kappa shape index (κ2) is 7.65. The fourth-order valence-corrected chi connectivity index (χ4v) is 1.62. The zero-order valence-corrected chi connectivity index (χ0v) is 9.93. The largest absolute Gasteiger partial charge is 0.392 e. The van der Waals surface area contributed by atoms with Gasteiger partial charge in [0.1, 0.15) is 0 Å². The molecular formula is C10H22O2S. The summed E-state index contributed by atoms with van der Waals surface area (Å²) >= 11 is 1.76. The van der Waals surface area contributed by atoms with E-state index in [1.165, 1.54) is 0 Å². The minimum absolute atomic E-state index is 0.227. The van der Waals surface area contributed by atoms with Crippen LogP contribution in [0.15, 0.2) is 0 Å². The Balaban J connectivity index is 3.16. The highest BCUT2D eigenvalue weighted by molar-refractivity contribution is 7.99. The molecule has 0 aliphatic carbocycles. The van der Waals surface area contributed by atoms with Gasteiger partial charge in [-0.3, -0.25) is 0 Å². The lowest BCUT2D eigenvalue weighted by atomic mass is 10.2. The van der Waals surface area contributed by atoms with Crippen LogP contribution in [0.1, 0.15) is 27.7 Å². The molecule has 0 aromatic rings. The number of ether oxygens (including phenoxy) is 1. The molecule has 0 aromatic carbocycles. The molecule has 2 unspecified atom stereocenters. The minimum Gasteiger partial charge on any atom is -0.392 e. The Morgan fingerprint density at radius 1 is 1.23 bits per heavy atom. The van der Waals surface area contributed by atoms with Crippen molar-refractivity contribution in [1.82, 2.24) is 0 Å². The molecule has 2 atom stereocenters. The second-order valence-electron chi connectivity index (χ2n) is 3.79. The molecule has 0 fully saturated rings. The van der Waals surface area contributed by atoms with Crippen LogP contribution in [0, 0.1) is 5.92 Å². The van der Waals surface area contributed by atoms with Crippen molar-refractivity contribution in [2.24, 2.45) is 5.92 Å². The first-order valence-corrected chi connectivity index (χ1v) is 5.96. The maximum Gasteiger partial charge on any atom is 0.0628 e. The predicted molar refractivity (Wildman–Crippen MR) is 59.3 cm³/mol. The van der Waals surface area contributed by atoms with E-state index < -0.39 is 0 Å². The van der Waals surface area contributed by atoms with Gasteiger partial charge in [0.25, 0.3) is 0 Å². The summed E-state index contributed by atoms with van der Waals surface area (Å²) in [5.74, 6) is 1.58. The molecule has 0 aromatic heterocycles. The zero-order valence-electron chi connectivity index (χ0n) is 9.12. The van der Waals surface area contributed by atoms with Gasteiger partial charge in [0.05, 0.1) is 12.7 Å². The van der Waals surface area contributed by atoms with Gasteiger partial charge in [-0.05, 0) is 12.8 Å². The van der Waals surface area contributed by atoms with Crippen molar-refractivity contribution in [2.75, 3.05) is 19.0 Å². The molecule has 80 valence electrons. The van der Waals surface area contributed by atoms with E-state index in [1.54, 1.807) is 11.8 Å². The average molecular weight is 206 g/mol. The van der Waals surface area contributed by atoms with Crippen molar-refractivity contribution in [1.29, 1.82) is 0 Å². The van der Waals surface area contributed by atoms with Gasteiger partial charge in [0.2, 0.25) is 0 Å². The van der Waals surface area contributed by atoms with Gasteiger partial charge in [-0.1, -0.05) is 20.8 Å². The van der Waals surface area contributed by atoms with Crippen LogP contribution in [-0.4, -0.2) is 35.4 Å². The van der Waals surface area contributed by atoms with Crippen LogP contribution in [0.4, 0.5) is 0 Å². The molecular weight excluding hydrogens is 184 g/mol. The molecule has 0 aliphatic rings. The SMILES string of the molecule is CC(C)COCCSC(C)C(C)O. The molecule has 0 aliphatic heterocycles. The first-order chi connectivity index (χ1) is 6.04. The predicted octanol–water partition coefficient (Wildman–Crippen LogP) is 2.16. The highest BCUT2D eigenvalue weighted by Gasteiger charge is 2.07. The summed E-state index contributed by atoms with van der Waals surface area (Å²) in [7, 11) is 0. The van der Waals surface area contributed by atoms with E-state index in [9.17, 15) is 5.11 Å². The molecule has 0 amide bonds. The molecule has 0 saturated heterocycles. The minimum atomic E-state index is -0.227. The summed E-state index contributed by atoms with van der Waals surface area (Å²) in [5, 5.41) is 9.51. The van der Waals surface area contributed by atoms with Gasteiger partial charge in [0.15, 0.2) is 0 Å². The van der Waals surface area contributed by atoms with Crippen molar-refractivity contribution in [3.8, 4) is 0 Å². The number of thioether (sulfide) groups is 1. The fraction of sp³-hybridized carbons (Fsp3) is 1.00. The molecule has 0 bridgehead atoms. The van der Waals surface area contributed by atoms with Crippen LogP contribution in [0.2, 0.25) is 0 Å². The Labute approximate surface area is 86.1 Å². The monoisotopic (exact) mass is 206 g/mol. The molecule has 0 rings (SSSR count). The molecule has 0 radical (unpaired) electrons. The maximum absolute atomic E-state index is 9.20. The number of hydrogen-bond donors (Lipinski definition) is 1. The Hall–Kier alpha value is 0.270. The van der Waals surface area contributed by atoms with E-state index >= 15 is 0 Å². The van der Waals surface area contributed by atoms with Gasteiger partial charge in [-0.2, -0.15) is 11.8 Å². The van der Waals surface area contributed by atoms with E-state index in [4.69, 9.17) is 4.74 Å². The van der Waals surface area contributed by atoms with Gasteiger partial charge in [-0.25, -0.2) is 0 Å². The highest BCUT2D eigenvalue weighted by atomic mass is 32.2. The van der Waals surface area contributed by atoms with Crippen molar-refractivity contribution >= 4 is 11.8 Å². The van der Waals surface area contributed by atoms with E-state index in [1.807, 2.05) is 13.8 Å². The molecule has 2 nitrogen and oxygen atoms in total. The van der Waals surface area contributed by atoms with Gasteiger partial charge in [-0.15, -0.1) is 0 Å². The van der Waals surface area contributed by atoms with Crippen LogP contribution in [0.3, 0.4) is 0 Å². The summed E-state index contributed by atoms with van der Waals surface area (Å²) in [6.07, 6.45) is -0.227. The number of hydrogen-bond acceptors (Lipinski definition) is 3. The Morgan fingerprint density at radius 2 is 1.85 bits per heavy atom. The summed E-state index contributed by atoms with van der Waals surface area (Å²) in [6.45, 7) is 9.78. The van der Waals surface area contributed by atoms with Crippen molar-refractivity contribution in [2.45, 2.75) is 39.0 Å². The van der Waals surface area contributed by atoms with E-state index in [0.717, 1.165) is 19.0 Å². The first-order valence-electron chi connectivity index (χ1n) is 4.91. The van der Waals surface area contributed by atoms with Gasteiger partial charge < -0.3 is 9.84 Å². The van der Waals surface area contributed by atoms with Crippen LogP contribution < -0.4 is 0 Å². The highest BCUT2D eigenvalue weighted by Crippen LogP contribution is 2.13. The van der Waals surface area contributed by atoms with Gasteiger partial charge >= 0.3 is 0 Å². The van der Waals surface area contributed by atoms with Crippen molar-refractivity contribution in [3.63, 3.8) is 0 Å². The molecule has 3 heteroatoms. The van der Waals surface area contributed by atoms with Crippen LogP contribution in [0.5, 0.6) is 0 Å². The lowest BCUT2D eigenvalue weighted by molar-refractivity contribution is 0.123. The third-order valence-electron chi connectivity index (χ3n) is 1.74. The Morgan fingerprint density at radius 3 is 2.31 bits per heavy atom. The Kier molecular flexibility index (Phi) is 7.81. The van der Waals surface area contributed by atoms with Crippen LogP contribution in [0.25, 0.3) is 0 Å².